The molecule has 96 valence electrons. The van der Waals surface area contributed by atoms with Crippen LogP contribution in [0.3, 0.4) is 0 Å². The van der Waals surface area contributed by atoms with Gasteiger partial charge in [-0.15, -0.1) is 0 Å². The molecule has 1 rings (SSSR count). The highest BCUT2D eigenvalue weighted by atomic mass is 32.2. The van der Waals surface area contributed by atoms with Crippen molar-refractivity contribution in [1.82, 2.24) is 14.3 Å². The molecule has 1 atom stereocenters. The third kappa shape index (κ3) is 3.67. The lowest BCUT2D eigenvalue weighted by Crippen LogP contribution is -2.49. The Balaban J connectivity index is 2.60. The third-order valence-corrected chi connectivity index (χ3v) is 4.25. The molecule has 0 aliphatic carbocycles. The van der Waals surface area contributed by atoms with E-state index < -0.39 is 15.8 Å². The van der Waals surface area contributed by atoms with Crippen LogP contribution in [0.15, 0.2) is 0 Å². The zero-order chi connectivity index (χ0) is 12.4. The van der Waals surface area contributed by atoms with Crippen LogP contribution in [0.4, 0.5) is 0 Å². The summed E-state index contributed by atoms with van der Waals surface area (Å²) in [4.78, 5) is 0. The van der Waals surface area contributed by atoms with Crippen LogP contribution in [0.1, 0.15) is 20.3 Å². The predicted molar refractivity (Wildman–Crippen MR) is 62.3 cm³/mol. The number of β-amino-alcohol motifs (C(OH)–C–C–N with tert-alkyl or cyclic N) is 1. The van der Waals surface area contributed by atoms with Gasteiger partial charge in [-0.1, -0.05) is 0 Å². The minimum atomic E-state index is -3.49. The number of hydrogen-bond donors (Lipinski definition) is 3. The van der Waals surface area contributed by atoms with E-state index in [1.807, 2.05) is 0 Å². The highest BCUT2D eigenvalue weighted by Crippen LogP contribution is 2.16. The fraction of sp³-hybridized carbons (Fsp3) is 1.00. The quantitative estimate of drug-likeness (QED) is 0.578. The molecule has 1 aliphatic rings. The monoisotopic (exact) mass is 251 g/mol. The van der Waals surface area contributed by atoms with E-state index in [0.717, 1.165) is 6.54 Å². The van der Waals surface area contributed by atoms with Crippen molar-refractivity contribution in [3.8, 4) is 0 Å². The fourth-order valence-electron chi connectivity index (χ4n) is 1.75. The zero-order valence-corrected chi connectivity index (χ0v) is 10.8. The lowest BCUT2D eigenvalue weighted by Gasteiger charge is -2.28. The first kappa shape index (κ1) is 13.9. The summed E-state index contributed by atoms with van der Waals surface area (Å²) in [5, 5.41) is 13.1. The smallest absolute Gasteiger partial charge is 0.279 e. The van der Waals surface area contributed by atoms with Crippen LogP contribution in [-0.4, -0.2) is 56.2 Å². The van der Waals surface area contributed by atoms with Crippen LogP contribution in [0.5, 0.6) is 0 Å². The van der Waals surface area contributed by atoms with Crippen molar-refractivity contribution in [1.29, 1.82) is 0 Å². The molecule has 1 aliphatic heterocycles. The molecule has 1 saturated heterocycles. The average Bonchev–Trinajstić information content (AvgIpc) is 2.49. The van der Waals surface area contributed by atoms with E-state index in [0.29, 0.717) is 13.0 Å². The second-order valence-electron chi connectivity index (χ2n) is 4.68. The van der Waals surface area contributed by atoms with Crippen LogP contribution in [0.25, 0.3) is 0 Å². The summed E-state index contributed by atoms with van der Waals surface area (Å²) in [7, 11) is -2.02. The van der Waals surface area contributed by atoms with Crippen molar-refractivity contribution in [3.63, 3.8) is 0 Å². The Labute approximate surface area is 97.2 Å². The van der Waals surface area contributed by atoms with Crippen molar-refractivity contribution in [2.24, 2.45) is 0 Å². The van der Waals surface area contributed by atoms with Gasteiger partial charge in [0.2, 0.25) is 0 Å². The predicted octanol–water partition coefficient (Wildman–Crippen LogP) is -1.11. The second-order valence-corrected chi connectivity index (χ2v) is 6.49. The summed E-state index contributed by atoms with van der Waals surface area (Å²) >= 11 is 0. The molecule has 0 aromatic carbocycles. The molecule has 3 N–H and O–H groups in total. The van der Waals surface area contributed by atoms with Crippen molar-refractivity contribution < 1.29 is 13.5 Å². The van der Waals surface area contributed by atoms with Gasteiger partial charge < -0.3 is 10.4 Å². The van der Waals surface area contributed by atoms with Crippen LogP contribution < -0.4 is 10.0 Å². The van der Waals surface area contributed by atoms with Gasteiger partial charge in [-0.05, 0) is 26.8 Å². The highest BCUT2D eigenvalue weighted by Gasteiger charge is 2.35. The first-order valence-electron chi connectivity index (χ1n) is 5.42. The summed E-state index contributed by atoms with van der Waals surface area (Å²) in [6.45, 7) is 4.80. The number of rotatable bonds is 5. The molecule has 0 aromatic heterocycles. The first-order chi connectivity index (χ1) is 7.25. The van der Waals surface area contributed by atoms with E-state index in [1.54, 1.807) is 13.8 Å². The molecule has 1 unspecified atom stereocenters. The van der Waals surface area contributed by atoms with Gasteiger partial charge in [0.25, 0.3) is 10.2 Å². The molecular formula is C9H21N3O3S. The van der Waals surface area contributed by atoms with Crippen LogP contribution in [0, 0.1) is 0 Å². The summed E-state index contributed by atoms with van der Waals surface area (Å²) in [6.07, 6.45) is 0.578. The topological polar surface area (TPSA) is 81.7 Å². The van der Waals surface area contributed by atoms with Gasteiger partial charge >= 0.3 is 0 Å². The second kappa shape index (κ2) is 4.97. The Hall–Kier alpha value is -0.210. The molecule has 1 heterocycles. The van der Waals surface area contributed by atoms with Gasteiger partial charge in [-0.3, -0.25) is 0 Å². The molecule has 0 saturated carbocycles. The molecule has 16 heavy (non-hydrogen) atoms. The summed E-state index contributed by atoms with van der Waals surface area (Å²) in [5.41, 5.74) is -0.944. The normalized spacial score (nSPS) is 26.9. The van der Waals surface area contributed by atoms with Gasteiger partial charge in [-0.25, -0.2) is 0 Å². The minimum absolute atomic E-state index is 0.113. The number of hydrogen-bond acceptors (Lipinski definition) is 4. The molecule has 7 heteroatoms. The Morgan fingerprint density at radius 1 is 1.56 bits per heavy atom. The third-order valence-electron chi connectivity index (χ3n) is 2.53. The highest BCUT2D eigenvalue weighted by molar-refractivity contribution is 7.87. The van der Waals surface area contributed by atoms with Gasteiger partial charge in [0.1, 0.15) is 0 Å². The summed E-state index contributed by atoms with van der Waals surface area (Å²) in [6, 6.07) is -0.149. The molecule has 0 amide bonds. The van der Waals surface area contributed by atoms with Gasteiger partial charge in [-0.2, -0.15) is 17.4 Å². The van der Waals surface area contributed by atoms with E-state index in [-0.39, 0.29) is 12.6 Å². The van der Waals surface area contributed by atoms with E-state index in [2.05, 4.69) is 10.0 Å². The van der Waals surface area contributed by atoms with Crippen molar-refractivity contribution in [3.05, 3.63) is 0 Å². The fourth-order valence-corrected chi connectivity index (χ4v) is 2.94. The molecule has 6 nitrogen and oxygen atoms in total. The standard InChI is InChI=1S/C9H21N3O3S/c1-8(2)11-16(14,15)12(3)7-9(13)4-5-10-6-9/h8,10-11,13H,4-7H2,1-3H3. The maximum Gasteiger partial charge on any atom is 0.279 e. The maximum absolute atomic E-state index is 11.8. The van der Waals surface area contributed by atoms with E-state index in [4.69, 9.17) is 0 Å². The Morgan fingerprint density at radius 2 is 2.19 bits per heavy atom. The number of aliphatic hydroxyl groups is 1. The van der Waals surface area contributed by atoms with Crippen molar-refractivity contribution in [2.45, 2.75) is 31.9 Å². The number of likely N-dealkylation sites (N-methyl/N-ethyl adjacent to an activating group) is 1. The zero-order valence-electron chi connectivity index (χ0n) is 10.0. The van der Waals surface area contributed by atoms with Gasteiger partial charge in [0, 0.05) is 26.2 Å². The largest absolute Gasteiger partial charge is 0.387 e. The van der Waals surface area contributed by atoms with E-state index in [9.17, 15) is 13.5 Å². The van der Waals surface area contributed by atoms with E-state index >= 15 is 0 Å². The number of nitrogens with zero attached hydrogens (tertiary/aromatic N) is 1. The maximum atomic E-state index is 11.8. The molecule has 0 bridgehead atoms. The SMILES string of the molecule is CC(C)NS(=O)(=O)N(C)CC1(O)CCNC1. The molecular weight excluding hydrogens is 230 g/mol. The van der Waals surface area contributed by atoms with E-state index in [1.165, 1.54) is 11.4 Å². The lowest BCUT2D eigenvalue weighted by molar-refractivity contribution is 0.0459. The first-order valence-corrected chi connectivity index (χ1v) is 6.86. The Morgan fingerprint density at radius 3 is 2.62 bits per heavy atom. The minimum Gasteiger partial charge on any atom is -0.387 e. The van der Waals surface area contributed by atoms with Crippen molar-refractivity contribution in [2.75, 3.05) is 26.7 Å². The van der Waals surface area contributed by atoms with Crippen LogP contribution >= 0.6 is 0 Å². The molecule has 1 fully saturated rings. The number of nitrogens with one attached hydrogen (secondary N) is 2. The van der Waals surface area contributed by atoms with Crippen LogP contribution in [0.2, 0.25) is 0 Å². The average molecular weight is 251 g/mol. The van der Waals surface area contributed by atoms with Gasteiger partial charge in [0.05, 0.1) is 5.60 Å². The Kier molecular flexibility index (Phi) is 4.30. The van der Waals surface area contributed by atoms with Crippen LogP contribution in [-0.2, 0) is 10.2 Å². The summed E-state index contributed by atoms with van der Waals surface area (Å²) < 4.78 is 27.2. The van der Waals surface area contributed by atoms with Crippen molar-refractivity contribution >= 4 is 10.2 Å². The summed E-state index contributed by atoms with van der Waals surface area (Å²) in [5.74, 6) is 0. The molecule has 0 spiro atoms. The lowest BCUT2D eigenvalue weighted by atomic mass is 10.0. The molecule has 0 radical (unpaired) electrons. The molecule has 0 aromatic rings. The van der Waals surface area contributed by atoms with Gasteiger partial charge in [0.15, 0.2) is 0 Å². The Bertz CT molecular complexity index is 323.